The number of rotatable bonds is 3. The monoisotopic (exact) mass is 415 g/mol. The highest BCUT2D eigenvalue weighted by atomic mass is 15.2. The number of nitrogens with two attached hydrogens (primary N) is 2. The number of piperidine rings is 1. The quantitative estimate of drug-likeness (QED) is 0.440. The lowest BCUT2D eigenvalue weighted by molar-refractivity contribution is 0.176. The summed E-state index contributed by atoms with van der Waals surface area (Å²) in [5.41, 5.74) is 15.2. The predicted molar refractivity (Wildman–Crippen MR) is 120 cm³/mol. The fourth-order valence-corrected chi connectivity index (χ4v) is 4.32. The Balaban J connectivity index is 1.67. The maximum Gasteiger partial charge on any atom is 0.211 e. The number of nitriles is 2. The molecule has 0 saturated carbocycles. The van der Waals surface area contributed by atoms with E-state index >= 15 is 0 Å². The number of benzene rings is 1. The molecular formula is C22H25N9. The fourth-order valence-electron chi connectivity index (χ4n) is 4.32. The van der Waals surface area contributed by atoms with E-state index < -0.39 is 6.04 Å². The smallest absolute Gasteiger partial charge is 0.211 e. The van der Waals surface area contributed by atoms with Crippen LogP contribution in [-0.4, -0.2) is 28.9 Å². The SMILES string of the molecule is CC1CCCN(Cc2ccc(C3N=C(NC#N)Nc4nc(N)c(C#N)c(N)c43)cc2)C1. The summed E-state index contributed by atoms with van der Waals surface area (Å²) < 4.78 is 0. The first kappa shape index (κ1) is 20.5. The van der Waals surface area contributed by atoms with E-state index in [1.807, 2.05) is 24.4 Å². The average Bonchev–Trinajstić information content (AvgIpc) is 2.74. The highest BCUT2D eigenvalue weighted by Crippen LogP contribution is 2.40. The number of likely N-dealkylation sites (tertiary alicyclic amines) is 1. The van der Waals surface area contributed by atoms with Gasteiger partial charge in [-0.2, -0.15) is 10.5 Å². The minimum atomic E-state index is -0.517. The van der Waals surface area contributed by atoms with Gasteiger partial charge in [0, 0.05) is 18.7 Å². The number of aromatic nitrogens is 1. The van der Waals surface area contributed by atoms with Gasteiger partial charge in [-0.25, -0.2) is 9.98 Å². The molecule has 2 unspecified atom stereocenters. The first-order valence-corrected chi connectivity index (χ1v) is 10.3. The Kier molecular flexibility index (Phi) is 5.61. The minimum Gasteiger partial charge on any atom is -0.397 e. The Morgan fingerprint density at radius 1 is 1.26 bits per heavy atom. The lowest BCUT2D eigenvalue weighted by Crippen LogP contribution is -2.33. The molecule has 0 bridgehead atoms. The van der Waals surface area contributed by atoms with E-state index in [0.29, 0.717) is 11.4 Å². The second kappa shape index (κ2) is 8.50. The molecule has 4 rings (SSSR count). The van der Waals surface area contributed by atoms with Gasteiger partial charge < -0.3 is 16.8 Å². The van der Waals surface area contributed by atoms with Gasteiger partial charge in [0.1, 0.15) is 29.3 Å². The van der Waals surface area contributed by atoms with E-state index in [-0.39, 0.29) is 23.0 Å². The molecule has 6 N–H and O–H groups in total. The molecule has 158 valence electrons. The Bertz CT molecular complexity index is 1090. The molecule has 31 heavy (non-hydrogen) atoms. The second-order valence-electron chi connectivity index (χ2n) is 8.13. The van der Waals surface area contributed by atoms with Gasteiger partial charge in [0.15, 0.2) is 6.19 Å². The van der Waals surface area contributed by atoms with Crippen LogP contribution in [0.25, 0.3) is 0 Å². The molecule has 0 amide bonds. The number of nitrogens with zero attached hydrogens (tertiary/aromatic N) is 5. The molecule has 2 atom stereocenters. The molecule has 0 spiro atoms. The number of hydrogen-bond donors (Lipinski definition) is 4. The highest BCUT2D eigenvalue weighted by molar-refractivity contribution is 5.98. The van der Waals surface area contributed by atoms with Crippen LogP contribution in [0.5, 0.6) is 0 Å². The van der Waals surface area contributed by atoms with Crippen LogP contribution in [0.2, 0.25) is 0 Å². The Morgan fingerprint density at radius 2 is 2.03 bits per heavy atom. The van der Waals surface area contributed by atoms with E-state index in [1.54, 1.807) is 0 Å². The molecule has 9 heteroatoms. The summed E-state index contributed by atoms with van der Waals surface area (Å²) in [6.07, 6.45) is 4.40. The third kappa shape index (κ3) is 4.09. The van der Waals surface area contributed by atoms with Crippen LogP contribution in [0.3, 0.4) is 0 Å². The van der Waals surface area contributed by atoms with Crippen LogP contribution in [0.4, 0.5) is 17.3 Å². The summed E-state index contributed by atoms with van der Waals surface area (Å²) in [7, 11) is 0. The molecule has 3 heterocycles. The van der Waals surface area contributed by atoms with Crippen molar-refractivity contribution in [2.45, 2.75) is 32.4 Å². The standard InChI is InChI=1S/C22H25N9/c1-13-3-2-8-31(10-13)11-14-4-6-15(7-5-14)19-17-18(25)16(9-23)20(26)29-21(17)30-22(28-19)27-12-24/h4-7,13,19H,2-3,8,10-11H2,1H3,(H6,25,26,27,28,29,30). The second-order valence-corrected chi connectivity index (χ2v) is 8.13. The number of hydrogen-bond acceptors (Lipinski definition) is 9. The molecule has 0 radical (unpaired) electrons. The predicted octanol–water partition coefficient (Wildman–Crippen LogP) is 2.29. The van der Waals surface area contributed by atoms with Crippen LogP contribution in [0.1, 0.15) is 48.1 Å². The Hall–Kier alpha value is -3.82. The van der Waals surface area contributed by atoms with Gasteiger partial charge in [0.05, 0.1) is 5.69 Å². The van der Waals surface area contributed by atoms with Gasteiger partial charge in [-0.1, -0.05) is 31.2 Å². The van der Waals surface area contributed by atoms with Gasteiger partial charge in [-0.05, 0) is 36.4 Å². The van der Waals surface area contributed by atoms with E-state index in [9.17, 15) is 5.26 Å². The third-order valence-electron chi connectivity index (χ3n) is 5.80. The van der Waals surface area contributed by atoms with Crippen molar-refractivity contribution in [3.05, 3.63) is 46.5 Å². The van der Waals surface area contributed by atoms with Crippen molar-refractivity contribution >= 4 is 23.3 Å². The summed E-state index contributed by atoms with van der Waals surface area (Å²) in [6, 6.07) is 9.71. The first-order valence-electron chi connectivity index (χ1n) is 10.3. The zero-order valence-electron chi connectivity index (χ0n) is 17.4. The fraction of sp³-hybridized carbons (Fsp3) is 0.364. The molecule has 0 aliphatic carbocycles. The van der Waals surface area contributed by atoms with Crippen LogP contribution >= 0.6 is 0 Å². The molecule has 1 aromatic heterocycles. The summed E-state index contributed by atoms with van der Waals surface area (Å²) >= 11 is 0. The van der Waals surface area contributed by atoms with Crippen molar-refractivity contribution in [2.75, 3.05) is 29.9 Å². The lowest BCUT2D eigenvalue weighted by atomic mass is 9.94. The van der Waals surface area contributed by atoms with E-state index in [1.165, 1.54) is 18.4 Å². The molecule has 1 aromatic carbocycles. The first-order chi connectivity index (χ1) is 15.0. The van der Waals surface area contributed by atoms with Gasteiger partial charge in [-0.15, -0.1) is 0 Å². The van der Waals surface area contributed by atoms with Crippen molar-refractivity contribution in [1.29, 1.82) is 10.5 Å². The topological polar surface area (TPSA) is 152 Å². The average molecular weight is 416 g/mol. The lowest BCUT2D eigenvalue weighted by Gasteiger charge is -2.31. The van der Waals surface area contributed by atoms with Gasteiger partial charge in [0.2, 0.25) is 5.96 Å². The zero-order chi connectivity index (χ0) is 22.0. The molecular weight excluding hydrogens is 390 g/mol. The molecule has 2 aliphatic rings. The number of guanidine groups is 1. The largest absolute Gasteiger partial charge is 0.397 e. The van der Waals surface area contributed by atoms with Crippen molar-refractivity contribution in [3.8, 4) is 12.3 Å². The summed E-state index contributed by atoms with van der Waals surface area (Å²) in [6.45, 7) is 5.46. The minimum absolute atomic E-state index is 0.0364. The van der Waals surface area contributed by atoms with Crippen LogP contribution in [-0.2, 0) is 6.54 Å². The highest BCUT2D eigenvalue weighted by Gasteiger charge is 2.29. The van der Waals surface area contributed by atoms with Crippen molar-refractivity contribution < 1.29 is 0 Å². The summed E-state index contributed by atoms with van der Waals surface area (Å²) in [5.74, 6) is 1.41. The van der Waals surface area contributed by atoms with E-state index in [4.69, 9.17) is 16.7 Å². The Labute approximate surface area is 181 Å². The van der Waals surface area contributed by atoms with Crippen LogP contribution in [0, 0.1) is 28.7 Å². The number of pyridine rings is 1. The normalized spacial score (nSPS) is 20.5. The summed E-state index contributed by atoms with van der Waals surface area (Å²) in [4.78, 5) is 11.4. The molecule has 2 aromatic rings. The van der Waals surface area contributed by atoms with Crippen molar-refractivity contribution in [3.63, 3.8) is 0 Å². The number of aliphatic imine (C=N–C) groups is 1. The van der Waals surface area contributed by atoms with Crippen LogP contribution < -0.4 is 22.1 Å². The maximum absolute atomic E-state index is 9.44. The van der Waals surface area contributed by atoms with Crippen molar-refractivity contribution in [1.82, 2.24) is 15.2 Å². The van der Waals surface area contributed by atoms with E-state index in [2.05, 4.69) is 44.6 Å². The molecule has 1 fully saturated rings. The van der Waals surface area contributed by atoms with Crippen LogP contribution in [0.15, 0.2) is 29.3 Å². The Morgan fingerprint density at radius 3 is 2.71 bits per heavy atom. The van der Waals surface area contributed by atoms with Gasteiger partial charge in [-0.3, -0.25) is 10.2 Å². The zero-order valence-corrected chi connectivity index (χ0v) is 17.4. The molecule has 9 nitrogen and oxygen atoms in total. The summed E-state index contributed by atoms with van der Waals surface area (Å²) in [5, 5.41) is 23.9. The van der Waals surface area contributed by atoms with Crippen molar-refractivity contribution in [2.24, 2.45) is 10.9 Å². The van der Waals surface area contributed by atoms with Gasteiger partial charge >= 0.3 is 0 Å². The maximum atomic E-state index is 9.44. The number of nitrogens with one attached hydrogen (secondary N) is 2. The van der Waals surface area contributed by atoms with E-state index in [0.717, 1.165) is 31.1 Å². The van der Waals surface area contributed by atoms with Gasteiger partial charge in [0.25, 0.3) is 0 Å². The molecule has 1 saturated heterocycles. The molecule has 2 aliphatic heterocycles. The number of anilines is 3. The number of nitrogen functional groups attached to an aromatic ring is 2. The third-order valence-corrected chi connectivity index (χ3v) is 5.80. The number of fused-ring (bicyclic) bond motifs is 1.